The van der Waals surface area contributed by atoms with Crippen LogP contribution in [0.2, 0.25) is 5.02 Å². The minimum atomic E-state index is -0.151. The Morgan fingerprint density at radius 1 is 0.889 bits per heavy atom. The van der Waals surface area contributed by atoms with Crippen LogP contribution in [-0.4, -0.2) is 19.1 Å². The lowest BCUT2D eigenvalue weighted by Crippen LogP contribution is -2.26. The summed E-state index contributed by atoms with van der Waals surface area (Å²) in [5.41, 5.74) is 3.30. The van der Waals surface area contributed by atoms with Crippen molar-refractivity contribution in [3.8, 4) is 16.9 Å². The summed E-state index contributed by atoms with van der Waals surface area (Å²) in [4.78, 5) is 11.9. The number of rotatable bonds is 7. The van der Waals surface area contributed by atoms with E-state index in [1.165, 1.54) is 11.6 Å². The summed E-state index contributed by atoms with van der Waals surface area (Å²) in [6.07, 6.45) is 3.32. The molecule has 1 amide bonds. The largest absolute Gasteiger partial charge is 0.492 e. The zero-order valence-electron chi connectivity index (χ0n) is 14.8. The van der Waals surface area contributed by atoms with Crippen molar-refractivity contribution in [3.05, 3.63) is 95.5 Å². The van der Waals surface area contributed by atoms with E-state index >= 15 is 0 Å². The van der Waals surface area contributed by atoms with Gasteiger partial charge in [-0.25, -0.2) is 0 Å². The van der Waals surface area contributed by atoms with Gasteiger partial charge in [-0.3, -0.25) is 4.79 Å². The summed E-state index contributed by atoms with van der Waals surface area (Å²) in [6, 6.07) is 25.4. The number of benzene rings is 3. The van der Waals surface area contributed by atoms with Crippen LogP contribution in [0, 0.1) is 0 Å². The first-order valence-electron chi connectivity index (χ1n) is 8.70. The molecule has 0 aliphatic carbocycles. The molecule has 0 aliphatic heterocycles. The van der Waals surface area contributed by atoms with Gasteiger partial charge in [-0.05, 0) is 47.0 Å². The van der Waals surface area contributed by atoms with Gasteiger partial charge in [0.25, 0.3) is 0 Å². The molecule has 3 aromatic carbocycles. The molecule has 0 saturated carbocycles. The van der Waals surface area contributed by atoms with E-state index < -0.39 is 0 Å². The summed E-state index contributed by atoms with van der Waals surface area (Å²) in [5.74, 6) is 0.574. The zero-order chi connectivity index (χ0) is 18.9. The van der Waals surface area contributed by atoms with Crippen molar-refractivity contribution >= 4 is 23.6 Å². The third-order valence-corrected chi connectivity index (χ3v) is 4.18. The second kappa shape index (κ2) is 9.60. The number of carbonyl (C=O) groups excluding carboxylic acids is 1. The first kappa shape index (κ1) is 18.7. The van der Waals surface area contributed by atoms with Crippen molar-refractivity contribution in [3.63, 3.8) is 0 Å². The van der Waals surface area contributed by atoms with Gasteiger partial charge in [0.05, 0.1) is 6.54 Å². The summed E-state index contributed by atoms with van der Waals surface area (Å²) in [7, 11) is 0. The maximum Gasteiger partial charge on any atom is 0.244 e. The number of carbonyl (C=O) groups is 1. The van der Waals surface area contributed by atoms with E-state index in [1.54, 1.807) is 30.3 Å². The summed E-state index contributed by atoms with van der Waals surface area (Å²) < 4.78 is 5.53. The van der Waals surface area contributed by atoms with E-state index in [2.05, 4.69) is 17.4 Å². The molecule has 0 fully saturated rings. The van der Waals surface area contributed by atoms with Crippen LogP contribution in [-0.2, 0) is 4.79 Å². The summed E-state index contributed by atoms with van der Waals surface area (Å²) in [5, 5.41) is 3.46. The van der Waals surface area contributed by atoms with Crippen LogP contribution in [0.4, 0.5) is 0 Å². The number of amides is 1. The summed E-state index contributed by atoms with van der Waals surface area (Å²) in [6.45, 7) is 0.825. The highest BCUT2D eigenvalue weighted by molar-refractivity contribution is 6.30. The fourth-order valence-electron chi connectivity index (χ4n) is 2.52. The van der Waals surface area contributed by atoms with Crippen molar-refractivity contribution in [2.24, 2.45) is 0 Å². The van der Waals surface area contributed by atoms with Crippen molar-refractivity contribution in [1.29, 1.82) is 0 Å². The van der Waals surface area contributed by atoms with Crippen LogP contribution < -0.4 is 10.1 Å². The van der Waals surface area contributed by atoms with Gasteiger partial charge in [-0.15, -0.1) is 0 Å². The fraction of sp³-hybridized carbons (Fsp3) is 0.0870. The van der Waals surface area contributed by atoms with Crippen LogP contribution in [0.25, 0.3) is 17.2 Å². The lowest BCUT2D eigenvalue weighted by atomic mass is 10.0. The molecule has 0 radical (unpaired) electrons. The van der Waals surface area contributed by atoms with Gasteiger partial charge in [0.1, 0.15) is 12.4 Å². The number of hydrogen-bond acceptors (Lipinski definition) is 2. The Balaban J connectivity index is 1.43. The molecule has 3 rings (SSSR count). The minimum Gasteiger partial charge on any atom is -0.492 e. The molecule has 0 bridgehead atoms. The monoisotopic (exact) mass is 377 g/mol. The first-order chi connectivity index (χ1) is 13.2. The van der Waals surface area contributed by atoms with Crippen molar-refractivity contribution < 1.29 is 9.53 Å². The number of ether oxygens (including phenoxy) is 1. The quantitative estimate of drug-likeness (QED) is 0.453. The zero-order valence-corrected chi connectivity index (χ0v) is 15.5. The van der Waals surface area contributed by atoms with E-state index in [4.69, 9.17) is 16.3 Å². The number of halogens is 1. The highest BCUT2D eigenvalue weighted by atomic mass is 35.5. The summed E-state index contributed by atoms with van der Waals surface area (Å²) >= 11 is 5.82. The Kier molecular flexibility index (Phi) is 6.66. The standard InChI is InChI=1S/C23H20ClNO2/c24-21-11-13-22(14-12-21)27-17-16-25-23(26)15-8-18-6-9-20(10-7-18)19-4-2-1-3-5-19/h1-15H,16-17H2,(H,25,26). The van der Waals surface area contributed by atoms with Gasteiger partial charge < -0.3 is 10.1 Å². The van der Waals surface area contributed by atoms with Gasteiger partial charge in [0.2, 0.25) is 5.91 Å². The van der Waals surface area contributed by atoms with Gasteiger partial charge in [0, 0.05) is 11.1 Å². The van der Waals surface area contributed by atoms with Crippen LogP contribution in [0.1, 0.15) is 5.56 Å². The molecule has 4 heteroatoms. The number of hydrogen-bond donors (Lipinski definition) is 1. The highest BCUT2D eigenvalue weighted by Gasteiger charge is 1.98. The molecular weight excluding hydrogens is 358 g/mol. The van der Waals surface area contributed by atoms with Gasteiger partial charge in [-0.1, -0.05) is 66.2 Å². The molecule has 0 unspecified atom stereocenters. The maximum atomic E-state index is 11.9. The predicted molar refractivity (Wildman–Crippen MR) is 111 cm³/mol. The molecule has 0 spiro atoms. The Labute approximate surface area is 164 Å². The molecule has 0 aromatic heterocycles. The molecule has 0 aliphatic rings. The molecule has 136 valence electrons. The molecule has 1 N–H and O–H groups in total. The average molecular weight is 378 g/mol. The topological polar surface area (TPSA) is 38.3 Å². The molecule has 0 atom stereocenters. The Bertz CT molecular complexity index is 888. The normalized spacial score (nSPS) is 10.7. The average Bonchev–Trinajstić information content (AvgIpc) is 2.72. The highest BCUT2D eigenvalue weighted by Crippen LogP contribution is 2.19. The fourth-order valence-corrected chi connectivity index (χ4v) is 2.65. The van der Waals surface area contributed by atoms with Gasteiger partial charge in [-0.2, -0.15) is 0 Å². The van der Waals surface area contributed by atoms with E-state index in [-0.39, 0.29) is 5.91 Å². The molecule has 0 heterocycles. The maximum absolute atomic E-state index is 11.9. The van der Waals surface area contributed by atoms with Crippen molar-refractivity contribution in [2.75, 3.05) is 13.2 Å². The Morgan fingerprint density at radius 2 is 1.56 bits per heavy atom. The second-order valence-corrected chi connectivity index (χ2v) is 6.35. The van der Waals surface area contributed by atoms with E-state index in [0.717, 1.165) is 16.9 Å². The van der Waals surface area contributed by atoms with Gasteiger partial charge >= 0.3 is 0 Å². The predicted octanol–water partition coefficient (Wildman–Crippen LogP) is 5.22. The molecule has 3 aromatic rings. The van der Waals surface area contributed by atoms with Crippen LogP contribution >= 0.6 is 11.6 Å². The molecule has 27 heavy (non-hydrogen) atoms. The molecule has 0 saturated heterocycles. The lowest BCUT2D eigenvalue weighted by Gasteiger charge is -2.06. The first-order valence-corrected chi connectivity index (χ1v) is 9.08. The van der Waals surface area contributed by atoms with E-state index in [1.807, 2.05) is 42.5 Å². The van der Waals surface area contributed by atoms with Gasteiger partial charge in [0.15, 0.2) is 0 Å². The van der Waals surface area contributed by atoms with Crippen molar-refractivity contribution in [1.82, 2.24) is 5.32 Å². The minimum absolute atomic E-state index is 0.151. The lowest BCUT2D eigenvalue weighted by molar-refractivity contribution is -0.116. The number of nitrogens with one attached hydrogen (secondary N) is 1. The molecule has 3 nitrogen and oxygen atoms in total. The SMILES string of the molecule is O=C(C=Cc1ccc(-c2ccccc2)cc1)NCCOc1ccc(Cl)cc1. The third-order valence-electron chi connectivity index (χ3n) is 3.93. The van der Waals surface area contributed by atoms with Crippen LogP contribution in [0.5, 0.6) is 5.75 Å². The smallest absolute Gasteiger partial charge is 0.244 e. The van der Waals surface area contributed by atoms with E-state index in [0.29, 0.717) is 18.2 Å². The van der Waals surface area contributed by atoms with E-state index in [9.17, 15) is 4.79 Å². The second-order valence-electron chi connectivity index (χ2n) is 5.91. The Hall–Kier alpha value is -3.04. The van der Waals surface area contributed by atoms with Crippen LogP contribution in [0.15, 0.2) is 84.9 Å². The third kappa shape index (κ3) is 6.01. The van der Waals surface area contributed by atoms with Crippen molar-refractivity contribution in [2.45, 2.75) is 0 Å². The Morgan fingerprint density at radius 3 is 2.26 bits per heavy atom. The molecular formula is C23H20ClNO2. The van der Waals surface area contributed by atoms with Crippen LogP contribution in [0.3, 0.4) is 0 Å².